The van der Waals surface area contributed by atoms with E-state index in [0.717, 1.165) is 44.9 Å². The van der Waals surface area contributed by atoms with Crippen LogP contribution in [-0.4, -0.2) is 80.3 Å². The Morgan fingerprint density at radius 3 is 2.33 bits per heavy atom. The molecule has 15 unspecified atom stereocenters. The van der Waals surface area contributed by atoms with Crippen LogP contribution in [0.3, 0.4) is 0 Å². The molecule has 246 valence electrons. The SMILES string of the molecule is CC(C)=CCCC(C)(OC1OC(CO)C(O)C(O)C1O)C1CCC2(C)C1C(=O)CC1C3(C)CCC(O)C(C)C3CCC12C. The van der Waals surface area contributed by atoms with Crippen molar-refractivity contribution in [3.63, 3.8) is 0 Å². The molecule has 0 aromatic carbocycles. The minimum atomic E-state index is -1.52. The van der Waals surface area contributed by atoms with Crippen LogP contribution in [-0.2, 0) is 14.3 Å². The number of fused-ring (bicyclic) bond motifs is 5. The highest BCUT2D eigenvalue weighted by molar-refractivity contribution is 5.84. The molecule has 0 spiro atoms. The maximum Gasteiger partial charge on any atom is 0.187 e. The largest absolute Gasteiger partial charge is 0.394 e. The lowest BCUT2D eigenvalue weighted by Crippen LogP contribution is -2.65. The van der Waals surface area contributed by atoms with Gasteiger partial charge >= 0.3 is 0 Å². The zero-order valence-electron chi connectivity index (χ0n) is 27.5. The fourth-order valence-electron chi connectivity index (χ4n) is 11.1. The molecule has 1 aliphatic heterocycles. The van der Waals surface area contributed by atoms with E-state index < -0.39 is 42.9 Å². The second-order valence-electron chi connectivity index (χ2n) is 16.2. The van der Waals surface area contributed by atoms with Crippen molar-refractivity contribution in [3.8, 4) is 0 Å². The van der Waals surface area contributed by atoms with Crippen LogP contribution in [0.25, 0.3) is 0 Å². The minimum absolute atomic E-state index is 0.0208. The van der Waals surface area contributed by atoms with Gasteiger partial charge in [0.2, 0.25) is 0 Å². The van der Waals surface area contributed by atoms with Gasteiger partial charge in [-0.05, 0) is 112 Å². The summed E-state index contributed by atoms with van der Waals surface area (Å²) in [4.78, 5) is 14.5. The lowest BCUT2D eigenvalue weighted by molar-refractivity contribution is -0.333. The molecular formula is C35H58O8. The van der Waals surface area contributed by atoms with Crippen molar-refractivity contribution in [2.45, 2.75) is 149 Å². The van der Waals surface area contributed by atoms with Crippen molar-refractivity contribution in [2.24, 2.45) is 45.8 Å². The molecule has 8 nitrogen and oxygen atoms in total. The molecule has 0 amide bonds. The Kier molecular flexibility index (Phi) is 9.14. The van der Waals surface area contributed by atoms with Gasteiger partial charge in [-0.25, -0.2) is 0 Å². The van der Waals surface area contributed by atoms with E-state index in [4.69, 9.17) is 9.47 Å². The summed E-state index contributed by atoms with van der Waals surface area (Å²) in [5.74, 6) is 0.915. The number of Topliss-reactive ketones (excluding diaryl/α,β-unsaturated/α-hetero) is 1. The van der Waals surface area contributed by atoms with Gasteiger partial charge in [0.25, 0.3) is 0 Å². The number of aliphatic hydroxyl groups excluding tert-OH is 5. The molecule has 1 heterocycles. The topological polar surface area (TPSA) is 137 Å². The van der Waals surface area contributed by atoms with Gasteiger partial charge in [-0.1, -0.05) is 39.3 Å². The first-order valence-corrected chi connectivity index (χ1v) is 16.9. The highest BCUT2D eigenvalue weighted by Gasteiger charge is 2.71. The summed E-state index contributed by atoms with van der Waals surface area (Å²) in [6, 6.07) is 0. The molecule has 0 aromatic heterocycles. The predicted molar refractivity (Wildman–Crippen MR) is 163 cm³/mol. The molecule has 0 aromatic rings. The van der Waals surface area contributed by atoms with Gasteiger partial charge < -0.3 is 35.0 Å². The van der Waals surface area contributed by atoms with Crippen LogP contribution >= 0.6 is 0 Å². The third-order valence-corrected chi connectivity index (χ3v) is 13.9. The van der Waals surface area contributed by atoms with Crippen LogP contribution < -0.4 is 0 Å². The smallest absolute Gasteiger partial charge is 0.187 e. The van der Waals surface area contributed by atoms with Gasteiger partial charge in [0.05, 0.1) is 18.3 Å². The van der Waals surface area contributed by atoms with E-state index in [1.54, 1.807) is 0 Å². The van der Waals surface area contributed by atoms with Gasteiger partial charge in [0.15, 0.2) is 6.29 Å². The number of rotatable bonds is 7. The molecule has 8 heteroatoms. The standard InChI is InChI=1S/C35H58O8/c1-19(2)9-8-13-35(7,43-31-30(41)29(40)28(39)25(18-36)42-31)22-11-16-34(6)27(22)24(38)17-26-32(4)14-12-23(37)20(3)21(32)10-15-33(26,34)5/h9,20-23,25-31,36-37,39-41H,8,10-18H2,1-7H3. The maximum atomic E-state index is 14.5. The van der Waals surface area contributed by atoms with Gasteiger partial charge in [-0.15, -0.1) is 0 Å². The van der Waals surface area contributed by atoms with Gasteiger partial charge in [0.1, 0.15) is 30.2 Å². The molecule has 5 N–H and O–H groups in total. The number of hydrogen-bond donors (Lipinski definition) is 5. The number of ketones is 1. The number of aliphatic hydroxyl groups is 5. The van der Waals surface area contributed by atoms with E-state index in [2.05, 4.69) is 47.6 Å². The third-order valence-electron chi connectivity index (χ3n) is 13.9. The first kappa shape index (κ1) is 33.5. The van der Waals surface area contributed by atoms with Crippen LogP contribution in [0.5, 0.6) is 0 Å². The quantitative estimate of drug-likeness (QED) is 0.273. The average molecular weight is 607 g/mol. The Bertz CT molecular complexity index is 1070. The number of carbonyl (C=O) groups excluding carboxylic acids is 1. The molecule has 0 radical (unpaired) electrons. The summed E-state index contributed by atoms with van der Waals surface area (Å²) in [6.07, 6.45) is 2.61. The van der Waals surface area contributed by atoms with E-state index >= 15 is 0 Å². The number of ether oxygens (including phenoxy) is 2. The third kappa shape index (κ3) is 5.19. The molecule has 43 heavy (non-hydrogen) atoms. The summed E-state index contributed by atoms with van der Waals surface area (Å²) < 4.78 is 12.5. The Morgan fingerprint density at radius 2 is 1.67 bits per heavy atom. The van der Waals surface area contributed by atoms with E-state index in [9.17, 15) is 30.3 Å². The average Bonchev–Trinajstić information content (AvgIpc) is 3.33. The first-order chi connectivity index (χ1) is 20.0. The summed E-state index contributed by atoms with van der Waals surface area (Å²) in [7, 11) is 0. The van der Waals surface area contributed by atoms with Crippen LogP contribution in [0.15, 0.2) is 11.6 Å². The van der Waals surface area contributed by atoms with Gasteiger partial charge in [-0.3, -0.25) is 4.79 Å². The van der Waals surface area contributed by atoms with Crippen molar-refractivity contribution in [3.05, 3.63) is 11.6 Å². The van der Waals surface area contributed by atoms with E-state index in [1.165, 1.54) is 5.57 Å². The van der Waals surface area contributed by atoms with Gasteiger partial charge in [-0.2, -0.15) is 0 Å². The normalized spacial score (nSPS) is 51.2. The fourth-order valence-corrected chi connectivity index (χ4v) is 11.1. The van der Waals surface area contributed by atoms with E-state index in [-0.39, 0.29) is 46.0 Å². The fraction of sp³-hybridized carbons (Fsp3) is 0.914. The number of carbonyl (C=O) groups is 1. The van der Waals surface area contributed by atoms with Crippen LogP contribution in [0.4, 0.5) is 0 Å². The molecular weight excluding hydrogens is 548 g/mol. The highest BCUT2D eigenvalue weighted by Crippen LogP contribution is 2.74. The van der Waals surface area contributed by atoms with Crippen LogP contribution in [0, 0.1) is 45.8 Å². The molecule has 5 rings (SSSR count). The van der Waals surface area contributed by atoms with Crippen molar-refractivity contribution >= 4 is 5.78 Å². The molecule has 15 atom stereocenters. The van der Waals surface area contributed by atoms with Crippen molar-refractivity contribution in [2.75, 3.05) is 6.61 Å². The van der Waals surface area contributed by atoms with Crippen LogP contribution in [0.1, 0.15) is 106 Å². The zero-order valence-corrected chi connectivity index (χ0v) is 27.5. The van der Waals surface area contributed by atoms with E-state index in [0.29, 0.717) is 24.5 Å². The second kappa shape index (κ2) is 11.7. The summed E-state index contributed by atoms with van der Waals surface area (Å²) in [5, 5.41) is 52.3. The Balaban J connectivity index is 1.48. The van der Waals surface area contributed by atoms with E-state index in [1.807, 2.05) is 6.92 Å². The highest BCUT2D eigenvalue weighted by atomic mass is 16.7. The first-order valence-electron chi connectivity index (χ1n) is 16.9. The molecule has 4 saturated carbocycles. The lowest BCUT2D eigenvalue weighted by atomic mass is 9.36. The molecule has 4 aliphatic carbocycles. The molecule has 5 aliphatic rings. The monoisotopic (exact) mass is 606 g/mol. The Morgan fingerprint density at radius 1 is 1.00 bits per heavy atom. The van der Waals surface area contributed by atoms with Crippen LogP contribution in [0.2, 0.25) is 0 Å². The van der Waals surface area contributed by atoms with Gasteiger partial charge in [0, 0.05) is 12.3 Å². The van der Waals surface area contributed by atoms with Crippen molar-refractivity contribution < 1.29 is 39.8 Å². The second-order valence-corrected chi connectivity index (χ2v) is 16.2. The summed E-state index contributed by atoms with van der Waals surface area (Å²) >= 11 is 0. The van der Waals surface area contributed by atoms with Crippen molar-refractivity contribution in [1.82, 2.24) is 0 Å². The van der Waals surface area contributed by atoms with Crippen molar-refractivity contribution in [1.29, 1.82) is 0 Å². The predicted octanol–water partition coefficient (Wildman–Crippen LogP) is 4.14. The minimum Gasteiger partial charge on any atom is -0.394 e. The number of allylic oxidation sites excluding steroid dienone is 2. The molecule has 0 bridgehead atoms. The number of hydrogen-bond acceptors (Lipinski definition) is 8. The summed E-state index contributed by atoms with van der Waals surface area (Å²) in [6.45, 7) is 15.0. The Hall–Kier alpha value is -0.870. The lowest BCUT2D eigenvalue weighted by Gasteiger charge is -2.68. The maximum absolute atomic E-state index is 14.5. The molecule has 5 fully saturated rings. The molecule has 1 saturated heterocycles. The summed E-state index contributed by atoms with van der Waals surface area (Å²) in [5.41, 5.74) is 0.101. The zero-order chi connectivity index (χ0) is 31.7. The Labute approximate surface area is 258 Å².